The third-order valence-corrected chi connectivity index (χ3v) is 5.63. The fraction of sp³-hybridized carbons (Fsp3) is 0.222. The van der Waals surface area contributed by atoms with Crippen molar-refractivity contribution < 1.29 is 33.3 Å². The van der Waals surface area contributed by atoms with Gasteiger partial charge in [-0.05, 0) is 48.5 Å². The summed E-state index contributed by atoms with van der Waals surface area (Å²) in [6.07, 6.45) is 0.00638. The number of ether oxygens (including phenoxy) is 4. The van der Waals surface area contributed by atoms with E-state index in [1.54, 1.807) is 67.8 Å². The molecule has 3 aromatic rings. The van der Waals surface area contributed by atoms with Gasteiger partial charge in [0.1, 0.15) is 11.5 Å². The number of hydrogen-bond acceptors (Lipinski definition) is 7. The highest BCUT2D eigenvalue weighted by atomic mass is 16.5. The number of nitrogens with zero attached hydrogens (tertiary/aromatic N) is 1. The summed E-state index contributed by atoms with van der Waals surface area (Å²) in [6, 6.07) is 21.2. The molecule has 1 fully saturated rings. The zero-order chi connectivity index (χ0) is 25.5. The van der Waals surface area contributed by atoms with Gasteiger partial charge in [0.05, 0.1) is 25.8 Å². The van der Waals surface area contributed by atoms with Crippen molar-refractivity contribution in [2.45, 2.75) is 6.42 Å². The number of nitrogens with one attached hydrogen (secondary N) is 1. The minimum absolute atomic E-state index is 0.00638. The maximum Gasteiger partial charge on any atom is 0.311 e. The van der Waals surface area contributed by atoms with Crippen molar-refractivity contribution in [1.29, 1.82) is 0 Å². The van der Waals surface area contributed by atoms with Crippen LogP contribution in [0.25, 0.3) is 0 Å². The van der Waals surface area contributed by atoms with Crippen molar-refractivity contribution in [3.8, 4) is 23.0 Å². The first-order valence-corrected chi connectivity index (χ1v) is 11.3. The third kappa shape index (κ3) is 5.75. The standard InChI is InChI=1S/C27H26N2O7/c1-33-22-8-4-3-7-21(22)28-25(30)17-35-27(32)18-15-26(31)29(16-18)19-11-13-20(14-12-19)36-24-10-6-5-9-23(24)34-2/h3-14,18H,15-17H2,1-2H3,(H,28,30)/t18-/m1/s1. The molecule has 1 heterocycles. The van der Waals surface area contributed by atoms with Crippen LogP contribution >= 0.6 is 0 Å². The number of carbonyl (C=O) groups excluding carboxylic acids is 3. The Balaban J connectivity index is 1.31. The summed E-state index contributed by atoms with van der Waals surface area (Å²) in [5, 5.41) is 2.64. The first-order valence-electron chi connectivity index (χ1n) is 11.3. The second-order valence-electron chi connectivity index (χ2n) is 8.01. The van der Waals surface area contributed by atoms with E-state index in [-0.39, 0.29) is 18.9 Å². The lowest BCUT2D eigenvalue weighted by Gasteiger charge is -2.17. The molecule has 0 radical (unpaired) electrons. The van der Waals surface area contributed by atoms with Crippen molar-refractivity contribution in [2.75, 3.05) is 37.6 Å². The molecule has 36 heavy (non-hydrogen) atoms. The average molecular weight is 491 g/mol. The van der Waals surface area contributed by atoms with Crippen LogP contribution in [-0.2, 0) is 19.1 Å². The Morgan fingerprint density at radius 3 is 2.22 bits per heavy atom. The minimum Gasteiger partial charge on any atom is -0.495 e. The van der Waals surface area contributed by atoms with Crippen molar-refractivity contribution in [3.05, 3.63) is 72.8 Å². The maximum atomic E-state index is 12.6. The number of amides is 2. The molecule has 3 aromatic carbocycles. The Bertz CT molecular complexity index is 1240. The van der Waals surface area contributed by atoms with Gasteiger partial charge in [-0.1, -0.05) is 24.3 Å². The van der Waals surface area contributed by atoms with E-state index >= 15 is 0 Å². The van der Waals surface area contributed by atoms with Gasteiger partial charge in [0.2, 0.25) is 5.91 Å². The van der Waals surface area contributed by atoms with Crippen LogP contribution < -0.4 is 24.4 Å². The van der Waals surface area contributed by atoms with Gasteiger partial charge in [-0.25, -0.2) is 0 Å². The van der Waals surface area contributed by atoms with Gasteiger partial charge in [0.15, 0.2) is 18.1 Å². The van der Waals surface area contributed by atoms with E-state index in [1.807, 2.05) is 12.1 Å². The predicted molar refractivity (Wildman–Crippen MR) is 133 cm³/mol. The number of carbonyl (C=O) groups is 3. The van der Waals surface area contributed by atoms with E-state index in [0.717, 1.165) is 0 Å². The second kappa shape index (κ2) is 11.3. The lowest BCUT2D eigenvalue weighted by Crippen LogP contribution is -2.28. The molecule has 9 heteroatoms. The van der Waals surface area contributed by atoms with E-state index in [0.29, 0.717) is 34.4 Å². The third-order valence-electron chi connectivity index (χ3n) is 5.63. The van der Waals surface area contributed by atoms with Crippen molar-refractivity contribution in [2.24, 2.45) is 5.92 Å². The van der Waals surface area contributed by atoms with E-state index in [1.165, 1.54) is 12.0 Å². The van der Waals surface area contributed by atoms with Crippen LogP contribution in [0.4, 0.5) is 11.4 Å². The SMILES string of the molecule is COc1ccccc1NC(=O)COC(=O)[C@@H]1CC(=O)N(c2ccc(Oc3ccccc3OC)cc2)C1. The summed E-state index contributed by atoms with van der Waals surface area (Å²) in [5.41, 5.74) is 1.11. The van der Waals surface area contributed by atoms with Crippen LogP contribution in [0.15, 0.2) is 72.8 Å². The molecule has 1 aliphatic heterocycles. The molecule has 0 unspecified atom stereocenters. The Morgan fingerprint density at radius 2 is 1.53 bits per heavy atom. The molecule has 2 amide bonds. The van der Waals surface area contributed by atoms with Gasteiger partial charge in [-0.3, -0.25) is 14.4 Å². The molecule has 1 atom stereocenters. The number of rotatable bonds is 9. The van der Waals surface area contributed by atoms with Crippen LogP contribution in [0.1, 0.15) is 6.42 Å². The second-order valence-corrected chi connectivity index (χ2v) is 8.01. The normalized spacial score (nSPS) is 14.8. The van der Waals surface area contributed by atoms with Crippen LogP contribution in [0, 0.1) is 5.92 Å². The highest BCUT2D eigenvalue weighted by molar-refractivity contribution is 6.00. The number of hydrogen-bond donors (Lipinski definition) is 1. The molecule has 186 valence electrons. The molecule has 0 bridgehead atoms. The first kappa shape index (κ1) is 24.6. The zero-order valence-electron chi connectivity index (χ0n) is 19.9. The van der Waals surface area contributed by atoms with Gasteiger partial charge >= 0.3 is 5.97 Å². The van der Waals surface area contributed by atoms with Crippen LogP contribution in [0.3, 0.4) is 0 Å². The first-order chi connectivity index (χ1) is 17.5. The molecule has 0 spiro atoms. The highest BCUT2D eigenvalue weighted by Crippen LogP contribution is 2.33. The Kier molecular flexibility index (Phi) is 7.69. The molecule has 0 aliphatic carbocycles. The van der Waals surface area contributed by atoms with Gasteiger partial charge in [0, 0.05) is 18.7 Å². The monoisotopic (exact) mass is 490 g/mol. The molecule has 1 N–H and O–H groups in total. The number of benzene rings is 3. The zero-order valence-corrected chi connectivity index (χ0v) is 19.9. The summed E-state index contributed by atoms with van der Waals surface area (Å²) < 4.78 is 21.5. The van der Waals surface area contributed by atoms with Gasteiger partial charge in [0.25, 0.3) is 5.91 Å². The van der Waals surface area contributed by atoms with E-state index in [2.05, 4.69) is 5.32 Å². The summed E-state index contributed by atoms with van der Waals surface area (Å²) >= 11 is 0. The number of anilines is 2. The Hall–Kier alpha value is -4.53. The number of para-hydroxylation sites is 4. The quantitative estimate of drug-likeness (QED) is 0.452. The van der Waals surface area contributed by atoms with Crippen LogP contribution in [0.5, 0.6) is 23.0 Å². The Labute approximate surface area is 208 Å². The number of methoxy groups -OCH3 is 2. The largest absolute Gasteiger partial charge is 0.495 e. The van der Waals surface area contributed by atoms with Gasteiger partial charge in [-0.2, -0.15) is 0 Å². The smallest absolute Gasteiger partial charge is 0.311 e. The fourth-order valence-electron chi connectivity index (χ4n) is 3.83. The average Bonchev–Trinajstić information content (AvgIpc) is 3.30. The lowest BCUT2D eigenvalue weighted by atomic mass is 10.1. The molecule has 9 nitrogen and oxygen atoms in total. The van der Waals surface area contributed by atoms with Gasteiger partial charge in [-0.15, -0.1) is 0 Å². The van der Waals surface area contributed by atoms with E-state index in [9.17, 15) is 14.4 Å². The molecule has 1 saturated heterocycles. The molecular weight excluding hydrogens is 464 g/mol. The number of esters is 1. The molecule has 0 saturated carbocycles. The Morgan fingerprint density at radius 1 is 0.889 bits per heavy atom. The maximum absolute atomic E-state index is 12.6. The summed E-state index contributed by atoms with van der Waals surface area (Å²) in [4.78, 5) is 38.8. The van der Waals surface area contributed by atoms with Crippen molar-refractivity contribution >= 4 is 29.2 Å². The summed E-state index contributed by atoms with van der Waals surface area (Å²) in [7, 11) is 3.06. The lowest BCUT2D eigenvalue weighted by molar-refractivity contribution is -0.151. The molecular formula is C27H26N2O7. The minimum atomic E-state index is -0.666. The summed E-state index contributed by atoms with van der Waals surface area (Å²) in [5.74, 6) is 0.281. The highest BCUT2D eigenvalue weighted by Gasteiger charge is 2.36. The summed E-state index contributed by atoms with van der Waals surface area (Å²) in [6.45, 7) is -0.297. The molecule has 4 rings (SSSR count). The van der Waals surface area contributed by atoms with E-state index in [4.69, 9.17) is 18.9 Å². The molecule has 1 aliphatic rings. The van der Waals surface area contributed by atoms with Crippen molar-refractivity contribution in [1.82, 2.24) is 0 Å². The topological polar surface area (TPSA) is 103 Å². The fourth-order valence-corrected chi connectivity index (χ4v) is 3.83. The van der Waals surface area contributed by atoms with Crippen LogP contribution in [-0.4, -0.2) is 45.2 Å². The van der Waals surface area contributed by atoms with Crippen molar-refractivity contribution in [3.63, 3.8) is 0 Å². The van der Waals surface area contributed by atoms with Crippen LogP contribution in [0.2, 0.25) is 0 Å². The van der Waals surface area contributed by atoms with E-state index < -0.39 is 24.4 Å². The predicted octanol–water partition coefficient (Wildman–Crippen LogP) is 4.03. The van der Waals surface area contributed by atoms with Gasteiger partial charge < -0.3 is 29.2 Å². The molecule has 0 aromatic heterocycles.